The molecule has 14 heavy (non-hydrogen) atoms. The largest absolute Gasteiger partial charge is 0.378 e. The van der Waals surface area contributed by atoms with Gasteiger partial charge < -0.3 is 15.0 Å². The maximum absolute atomic E-state index is 5.40. The zero-order valence-electron chi connectivity index (χ0n) is 8.41. The van der Waals surface area contributed by atoms with Crippen LogP contribution in [0.5, 0.6) is 0 Å². The fraction of sp³-hybridized carbons (Fsp3) is 1.00. The molecule has 0 radical (unpaired) electrons. The summed E-state index contributed by atoms with van der Waals surface area (Å²) in [5, 5.41) is 3.48. The summed E-state index contributed by atoms with van der Waals surface area (Å²) < 4.78 is 5.40. The summed E-state index contributed by atoms with van der Waals surface area (Å²) in [6.07, 6.45) is 2.77. The normalized spacial score (nSPS) is 27.9. The molecule has 86 valence electrons. The van der Waals surface area contributed by atoms with E-state index in [1.807, 2.05) is 0 Å². The number of rotatable bonds is 2. The molecule has 0 bridgehead atoms. The van der Waals surface area contributed by atoms with Gasteiger partial charge in [0.25, 0.3) is 0 Å². The minimum atomic E-state index is 0. The van der Waals surface area contributed by atoms with Gasteiger partial charge in [0.1, 0.15) is 0 Å². The van der Waals surface area contributed by atoms with E-state index in [4.69, 9.17) is 4.74 Å². The van der Waals surface area contributed by atoms with Gasteiger partial charge in [0.15, 0.2) is 0 Å². The van der Waals surface area contributed by atoms with Gasteiger partial charge in [-0.25, -0.2) is 0 Å². The van der Waals surface area contributed by atoms with Crippen molar-refractivity contribution in [1.29, 1.82) is 0 Å². The molecule has 1 N–H and O–H groups in total. The lowest BCUT2D eigenvalue weighted by Gasteiger charge is -2.27. The molecule has 0 aromatic rings. The van der Waals surface area contributed by atoms with Gasteiger partial charge >= 0.3 is 0 Å². The fourth-order valence-electron chi connectivity index (χ4n) is 2.01. The molecule has 3 nitrogen and oxygen atoms in total. The van der Waals surface area contributed by atoms with Crippen molar-refractivity contribution in [2.45, 2.75) is 18.9 Å². The topological polar surface area (TPSA) is 24.5 Å². The number of nitrogens with one attached hydrogen (secondary N) is 1. The first-order chi connectivity index (χ1) is 5.95. The Kier molecular flexibility index (Phi) is 7.97. The van der Waals surface area contributed by atoms with Crippen molar-refractivity contribution in [2.24, 2.45) is 0 Å². The molecular formula is C9H20Cl2N2O. The molecule has 2 aliphatic rings. The van der Waals surface area contributed by atoms with Crippen LogP contribution >= 0.6 is 24.8 Å². The number of halogens is 2. The number of nitrogens with zero attached hydrogens (tertiary/aromatic N) is 1. The molecule has 0 aromatic carbocycles. The number of ether oxygens (including phenoxy) is 1. The van der Waals surface area contributed by atoms with Gasteiger partial charge in [0.2, 0.25) is 0 Å². The highest BCUT2D eigenvalue weighted by Crippen LogP contribution is 2.08. The van der Waals surface area contributed by atoms with Crippen molar-refractivity contribution in [2.75, 3.05) is 39.4 Å². The molecule has 2 aliphatic heterocycles. The molecule has 2 fully saturated rings. The fourth-order valence-corrected chi connectivity index (χ4v) is 2.01. The molecule has 0 saturated carbocycles. The van der Waals surface area contributed by atoms with Gasteiger partial charge in [-0.05, 0) is 25.9 Å². The third-order valence-electron chi connectivity index (χ3n) is 2.68. The number of morpholine rings is 1. The third-order valence-corrected chi connectivity index (χ3v) is 2.68. The van der Waals surface area contributed by atoms with E-state index in [0.29, 0.717) is 6.04 Å². The third kappa shape index (κ3) is 4.32. The lowest BCUT2D eigenvalue weighted by atomic mass is 10.2. The Morgan fingerprint density at radius 3 is 2.50 bits per heavy atom. The zero-order valence-corrected chi connectivity index (χ0v) is 10.0. The molecule has 0 aliphatic carbocycles. The Hall–Kier alpha value is 0.460. The molecule has 2 rings (SSSR count). The Morgan fingerprint density at radius 1 is 1.21 bits per heavy atom. The summed E-state index contributed by atoms with van der Waals surface area (Å²) in [5.74, 6) is 0. The molecule has 0 spiro atoms. The summed E-state index contributed by atoms with van der Waals surface area (Å²) in [5.41, 5.74) is 0. The molecular weight excluding hydrogens is 223 g/mol. The van der Waals surface area contributed by atoms with Crippen molar-refractivity contribution >= 4 is 24.8 Å². The van der Waals surface area contributed by atoms with Gasteiger partial charge in [-0.2, -0.15) is 0 Å². The van der Waals surface area contributed by atoms with Crippen LogP contribution in [0.25, 0.3) is 0 Å². The summed E-state index contributed by atoms with van der Waals surface area (Å²) in [6, 6.07) is 0.580. The highest BCUT2D eigenvalue weighted by molar-refractivity contribution is 5.85. The first-order valence-corrected chi connectivity index (χ1v) is 4.98. The standard InChI is InChI=1S/C9H18N2O.2ClH/c1-2-5-11(4-1)7-9-8-12-6-3-10-9;;/h9-10H,1-8H2;2*1H. The monoisotopic (exact) mass is 242 g/mol. The Balaban J connectivity index is 0.000000845. The second-order valence-electron chi connectivity index (χ2n) is 3.73. The molecule has 1 unspecified atom stereocenters. The molecule has 1 atom stereocenters. The summed E-state index contributed by atoms with van der Waals surface area (Å²) in [6.45, 7) is 6.57. The predicted octanol–water partition coefficient (Wildman–Crippen LogP) is 0.914. The van der Waals surface area contributed by atoms with Gasteiger partial charge in [-0.15, -0.1) is 24.8 Å². The lowest BCUT2D eigenvalue weighted by molar-refractivity contribution is 0.0651. The number of hydrogen-bond donors (Lipinski definition) is 1. The summed E-state index contributed by atoms with van der Waals surface area (Å²) in [4.78, 5) is 2.53. The van der Waals surface area contributed by atoms with E-state index >= 15 is 0 Å². The van der Waals surface area contributed by atoms with E-state index in [0.717, 1.165) is 19.8 Å². The van der Waals surface area contributed by atoms with Crippen LogP contribution < -0.4 is 5.32 Å². The average molecular weight is 243 g/mol. The van der Waals surface area contributed by atoms with Crippen molar-refractivity contribution < 1.29 is 4.74 Å². The lowest BCUT2D eigenvalue weighted by Crippen LogP contribution is -2.47. The quantitative estimate of drug-likeness (QED) is 0.780. The number of hydrogen-bond acceptors (Lipinski definition) is 3. The smallest absolute Gasteiger partial charge is 0.0632 e. The summed E-state index contributed by atoms with van der Waals surface area (Å²) in [7, 11) is 0. The first-order valence-electron chi connectivity index (χ1n) is 4.98. The van der Waals surface area contributed by atoms with Crippen molar-refractivity contribution in [3.8, 4) is 0 Å². The van der Waals surface area contributed by atoms with Crippen LogP contribution in [0.15, 0.2) is 0 Å². The van der Waals surface area contributed by atoms with Gasteiger partial charge in [-0.3, -0.25) is 0 Å². The molecule has 2 saturated heterocycles. The van der Waals surface area contributed by atoms with E-state index in [9.17, 15) is 0 Å². The van der Waals surface area contributed by atoms with Crippen LogP contribution in [-0.2, 0) is 4.74 Å². The summed E-state index contributed by atoms with van der Waals surface area (Å²) >= 11 is 0. The van der Waals surface area contributed by atoms with Gasteiger partial charge in [0, 0.05) is 19.1 Å². The van der Waals surface area contributed by atoms with Crippen molar-refractivity contribution in [1.82, 2.24) is 10.2 Å². The zero-order chi connectivity index (χ0) is 8.23. The molecule has 0 aromatic heterocycles. The van der Waals surface area contributed by atoms with E-state index in [1.165, 1.54) is 32.5 Å². The molecule has 5 heteroatoms. The SMILES string of the molecule is C1CCN(CC2COCCN2)C1.Cl.Cl. The van der Waals surface area contributed by atoms with Crippen molar-refractivity contribution in [3.63, 3.8) is 0 Å². The highest BCUT2D eigenvalue weighted by atomic mass is 35.5. The highest BCUT2D eigenvalue weighted by Gasteiger charge is 2.18. The second kappa shape index (κ2) is 7.71. The van der Waals surface area contributed by atoms with E-state index in [1.54, 1.807) is 0 Å². The Bertz CT molecular complexity index is 137. The van der Waals surface area contributed by atoms with Gasteiger partial charge in [0.05, 0.1) is 13.2 Å². The van der Waals surface area contributed by atoms with E-state index in [2.05, 4.69) is 10.2 Å². The van der Waals surface area contributed by atoms with Crippen LogP contribution in [0.1, 0.15) is 12.8 Å². The maximum atomic E-state index is 5.40. The van der Waals surface area contributed by atoms with Crippen LogP contribution in [0.3, 0.4) is 0 Å². The van der Waals surface area contributed by atoms with Crippen LogP contribution in [0.4, 0.5) is 0 Å². The minimum absolute atomic E-state index is 0. The Labute approximate surface area is 98.4 Å². The first kappa shape index (κ1) is 14.5. The second-order valence-corrected chi connectivity index (χ2v) is 3.73. The maximum Gasteiger partial charge on any atom is 0.0632 e. The van der Waals surface area contributed by atoms with Crippen LogP contribution in [0, 0.1) is 0 Å². The Morgan fingerprint density at radius 2 is 1.93 bits per heavy atom. The van der Waals surface area contributed by atoms with Crippen molar-refractivity contribution in [3.05, 3.63) is 0 Å². The molecule has 0 amide bonds. The predicted molar refractivity (Wildman–Crippen MR) is 62.8 cm³/mol. The molecule has 2 heterocycles. The number of likely N-dealkylation sites (tertiary alicyclic amines) is 1. The van der Waals surface area contributed by atoms with Gasteiger partial charge in [-0.1, -0.05) is 0 Å². The minimum Gasteiger partial charge on any atom is -0.378 e. The van der Waals surface area contributed by atoms with E-state index < -0.39 is 0 Å². The van der Waals surface area contributed by atoms with E-state index in [-0.39, 0.29) is 24.8 Å². The average Bonchev–Trinajstić information content (AvgIpc) is 2.59. The van der Waals surface area contributed by atoms with Crippen LogP contribution in [-0.4, -0.2) is 50.3 Å². The van der Waals surface area contributed by atoms with Crippen LogP contribution in [0.2, 0.25) is 0 Å².